The van der Waals surface area contributed by atoms with E-state index in [-0.39, 0.29) is 0 Å². The summed E-state index contributed by atoms with van der Waals surface area (Å²) in [6, 6.07) is 4.19. The van der Waals surface area contributed by atoms with E-state index < -0.39 is 0 Å². The Morgan fingerprint density at radius 3 is 2.91 bits per heavy atom. The van der Waals surface area contributed by atoms with Gasteiger partial charge in [0.1, 0.15) is 0 Å². The first-order valence-corrected chi connectivity index (χ1v) is 4.94. The van der Waals surface area contributed by atoms with E-state index in [1.165, 1.54) is 11.4 Å². The summed E-state index contributed by atoms with van der Waals surface area (Å²) in [6.45, 7) is 5.59. The highest BCUT2D eigenvalue weighted by Crippen LogP contribution is 2.14. The Kier molecular flexibility index (Phi) is 3.43. The fraction of sp³-hybridized carbons (Fsp3) is 0.556. The molecule has 11 heavy (non-hydrogen) atoms. The third kappa shape index (κ3) is 3.42. The van der Waals surface area contributed by atoms with Crippen molar-refractivity contribution in [1.29, 1.82) is 0 Å². The highest BCUT2D eigenvalue weighted by Gasteiger charge is 1.93. The maximum atomic E-state index is 3.37. The molecule has 1 rings (SSSR count). The monoisotopic (exact) mass is 169 g/mol. The molecule has 0 radical (unpaired) electrons. The van der Waals surface area contributed by atoms with Crippen molar-refractivity contribution in [3.63, 3.8) is 0 Å². The zero-order chi connectivity index (χ0) is 8.10. The first kappa shape index (κ1) is 8.60. The maximum Gasteiger partial charge on any atom is 0.0882 e. The lowest BCUT2D eigenvalue weighted by Crippen LogP contribution is -2.02. The van der Waals surface area contributed by atoms with E-state index in [0.29, 0.717) is 0 Å². The molecule has 0 saturated carbocycles. The van der Waals surface area contributed by atoms with Crippen LogP contribution in [0, 0.1) is 5.92 Å². The Hall–Kier alpha value is -0.500. The zero-order valence-electron chi connectivity index (χ0n) is 7.13. The molecule has 62 valence electrons. The maximum absolute atomic E-state index is 3.37. The lowest BCUT2D eigenvalue weighted by molar-refractivity contribution is 0.607. The lowest BCUT2D eigenvalue weighted by atomic mass is 10.1. The zero-order valence-corrected chi connectivity index (χ0v) is 7.95. The largest absolute Gasteiger partial charge is 0.377 e. The van der Waals surface area contributed by atoms with E-state index in [4.69, 9.17) is 0 Å². The lowest BCUT2D eigenvalue weighted by Gasteiger charge is -2.05. The molecule has 2 heteroatoms. The summed E-state index contributed by atoms with van der Waals surface area (Å²) in [4.78, 5) is 0. The number of hydrogen-bond donors (Lipinski definition) is 1. The van der Waals surface area contributed by atoms with Crippen LogP contribution in [0.15, 0.2) is 17.5 Å². The molecule has 0 bridgehead atoms. The predicted octanol–water partition coefficient (Wildman–Crippen LogP) is 3.21. The second kappa shape index (κ2) is 4.39. The molecule has 0 amide bonds. The minimum atomic E-state index is 0.794. The van der Waals surface area contributed by atoms with Gasteiger partial charge in [-0.1, -0.05) is 13.8 Å². The summed E-state index contributed by atoms with van der Waals surface area (Å²) in [6.07, 6.45) is 1.25. The normalized spacial score (nSPS) is 10.5. The molecule has 0 aliphatic carbocycles. The molecule has 1 N–H and O–H groups in total. The van der Waals surface area contributed by atoms with Crippen molar-refractivity contribution in [3.05, 3.63) is 17.5 Å². The van der Waals surface area contributed by atoms with Gasteiger partial charge in [0.15, 0.2) is 0 Å². The Bertz CT molecular complexity index is 179. The third-order valence-corrected chi connectivity index (χ3v) is 2.37. The fourth-order valence-electron chi connectivity index (χ4n) is 0.863. The van der Waals surface area contributed by atoms with Gasteiger partial charge in [-0.15, -0.1) is 11.3 Å². The molecule has 0 saturated heterocycles. The molecule has 1 aromatic rings. The van der Waals surface area contributed by atoms with Crippen LogP contribution < -0.4 is 5.32 Å². The van der Waals surface area contributed by atoms with E-state index in [1.54, 1.807) is 11.3 Å². The summed E-state index contributed by atoms with van der Waals surface area (Å²) in [5.41, 5.74) is 0. The van der Waals surface area contributed by atoms with Crippen molar-refractivity contribution in [2.45, 2.75) is 20.3 Å². The minimum absolute atomic E-state index is 0.794. The first-order valence-electron chi connectivity index (χ1n) is 4.06. The topological polar surface area (TPSA) is 12.0 Å². The second-order valence-electron chi connectivity index (χ2n) is 3.09. The van der Waals surface area contributed by atoms with Gasteiger partial charge in [-0.05, 0) is 29.9 Å². The van der Waals surface area contributed by atoms with Gasteiger partial charge >= 0.3 is 0 Å². The van der Waals surface area contributed by atoms with Crippen molar-refractivity contribution in [1.82, 2.24) is 0 Å². The van der Waals surface area contributed by atoms with E-state index in [9.17, 15) is 0 Å². The third-order valence-electron chi connectivity index (χ3n) is 1.54. The Labute approximate surface area is 72.4 Å². The van der Waals surface area contributed by atoms with Crippen molar-refractivity contribution >= 4 is 16.3 Å². The summed E-state index contributed by atoms with van der Waals surface area (Å²) in [5, 5.41) is 6.75. The highest BCUT2D eigenvalue weighted by atomic mass is 32.1. The van der Waals surface area contributed by atoms with E-state index >= 15 is 0 Å². The molecule has 0 unspecified atom stereocenters. The van der Waals surface area contributed by atoms with Crippen LogP contribution in [0.4, 0.5) is 5.00 Å². The molecule has 1 nitrogen and oxygen atoms in total. The first-order chi connectivity index (χ1) is 5.29. The average Bonchev–Trinajstić information content (AvgIpc) is 2.39. The molecular formula is C9H15NS. The molecule has 0 spiro atoms. The van der Waals surface area contributed by atoms with E-state index in [2.05, 4.69) is 36.7 Å². The Morgan fingerprint density at radius 1 is 1.55 bits per heavy atom. The molecule has 0 aromatic carbocycles. The quantitative estimate of drug-likeness (QED) is 0.729. The van der Waals surface area contributed by atoms with Crippen LogP contribution in [0.25, 0.3) is 0 Å². The van der Waals surface area contributed by atoms with Crippen LogP contribution in [0.2, 0.25) is 0 Å². The van der Waals surface area contributed by atoms with E-state index in [1.807, 2.05) is 0 Å². The van der Waals surface area contributed by atoms with Crippen LogP contribution in [0.5, 0.6) is 0 Å². The predicted molar refractivity (Wildman–Crippen MR) is 52.3 cm³/mol. The van der Waals surface area contributed by atoms with Crippen LogP contribution in [-0.2, 0) is 0 Å². The van der Waals surface area contributed by atoms with Gasteiger partial charge in [-0.25, -0.2) is 0 Å². The van der Waals surface area contributed by atoms with Gasteiger partial charge in [0, 0.05) is 6.54 Å². The summed E-state index contributed by atoms with van der Waals surface area (Å²) in [7, 11) is 0. The number of nitrogens with one attached hydrogen (secondary N) is 1. The SMILES string of the molecule is CC(C)CCNc1cccs1. The summed E-state index contributed by atoms with van der Waals surface area (Å²) in [5.74, 6) is 0.794. The molecule has 0 atom stereocenters. The molecule has 0 fully saturated rings. The van der Waals surface area contributed by atoms with Gasteiger partial charge in [0.05, 0.1) is 5.00 Å². The van der Waals surface area contributed by atoms with Crippen LogP contribution in [0.3, 0.4) is 0 Å². The van der Waals surface area contributed by atoms with Crippen molar-refractivity contribution in [2.24, 2.45) is 5.92 Å². The highest BCUT2D eigenvalue weighted by molar-refractivity contribution is 7.14. The number of thiophene rings is 1. The van der Waals surface area contributed by atoms with Crippen LogP contribution >= 0.6 is 11.3 Å². The van der Waals surface area contributed by atoms with Crippen molar-refractivity contribution < 1.29 is 0 Å². The van der Waals surface area contributed by atoms with Crippen LogP contribution in [-0.4, -0.2) is 6.54 Å². The van der Waals surface area contributed by atoms with Crippen molar-refractivity contribution in [2.75, 3.05) is 11.9 Å². The van der Waals surface area contributed by atoms with Gasteiger partial charge in [-0.2, -0.15) is 0 Å². The van der Waals surface area contributed by atoms with Gasteiger partial charge in [-0.3, -0.25) is 0 Å². The summed E-state index contributed by atoms with van der Waals surface area (Å²) < 4.78 is 0. The Balaban J connectivity index is 2.14. The minimum Gasteiger partial charge on any atom is -0.377 e. The average molecular weight is 169 g/mol. The second-order valence-corrected chi connectivity index (χ2v) is 4.03. The fourth-order valence-corrected chi connectivity index (χ4v) is 1.51. The Morgan fingerprint density at radius 2 is 2.36 bits per heavy atom. The number of hydrogen-bond acceptors (Lipinski definition) is 2. The van der Waals surface area contributed by atoms with Gasteiger partial charge in [0.25, 0.3) is 0 Å². The van der Waals surface area contributed by atoms with E-state index in [0.717, 1.165) is 12.5 Å². The molecular weight excluding hydrogens is 154 g/mol. The van der Waals surface area contributed by atoms with Gasteiger partial charge in [0.2, 0.25) is 0 Å². The smallest absolute Gasteiger partial charge is 0.0882 e. The van der Waals surface area contributed by atoms with Gasteiger partial charge < -0.3 is 5.32 Å². The molecule has 1 heterocycles. The standard InChI is InChI=1S/C9H15NS/c1-8(2)5-6-10-9-4-3-7-11-9/h3-4,7-8,10H,5-6H2,1-2H3. The summed E-state index contributed by atoms with van der Waals surface area (Å²) >= 11 is 1.76. The van der Waals surface area contributed by atoms with Crippen LogP contribution in [0.1, 0.15) is 20.3 Å². The van der Waals surface area contributed by atoms with Crippen molar-refractivity contribution in [3.8, 4) is 0 Å². The molecule has 1 aromatic heterocycles. The molecule has 0 aliphatic rings. The number of rotatable bonds is 4. The number of anilines is 1. The molecule has 0 aliphatic heterocycles.